The van der Waals surface area contributed by atoms with Crippen LogP contribution in [0.15, 0.2) is 0 Å². The van der Waals surface area contributed by atoms with Crippen molar-refractivity contribution in [1.82, 2.24) is 0 Å². The van der Waals surface area contributed by atoms with Crippen molar-refractivity contribution in [2.75, 3.05) is 0 Å². The second kappa shape index (κ2) is 7.96. The van der Waals surface area contributed by atoms with E-state index < -0.39 is 5.60 Å². The summed E-state index contributed by atoms with van der Waals surface area (Å²) in [6, 6.07) is 0. The molecule has 0 aromatic rings. The van der Waals surface area contributed by atoms with E-state index in [0.717, 1.165) is 38.5 Å². The van der Waals surface area contributed by atoms with Gasteiger partial charge in [0.15, 0.2) is 0 Å². The van der Waals surface area contributed by atoms with Gasteiger partial charge in [-0.05, 0) is 123 Å². The van der Waals surface area contributed by atoms with Crippen LogP contribution in [0, 0.1) is 56.7 Å². The number of esters is 1. The molecular weight excluding hydrogens is 448 g/mol. The van der Waals surface area contributed by atoms with Gasteiger partial charge < -0.3 is 14.9 Å². The number of rotatable bonds is 2. The molecule has 5 aliphatic carbocycles. The molecule has 206 valence electrons. The second-order valence-corrected chi connectivity index (χ2v) is 16.3. The Morgan fingerprint density at radius 1 is 0.889 bits per heavy atom. The first-order valence-corrected chi connectivity index (χ1v) is 15.0. The van der Waals surface area contributed by atoms with Crippen LogP contribution in [-0.2, 0) is 9.53 Å². The monoisotopic (exact) mass is 502 g/mol. The molecule has 0 aromatic heterocycles. The molecule has 2 N–H and O–H groups in total. The SMILES string of the molecule is CC(=O)OC1CCC2(C)C(CCC3(C)C2C(O)CC2C4C(C(C)(C)O)CCC4(C)CCC23C)C1(C)C. The Bertz CT molecular complexity index is 904. The maximum atomic E-state index is 12.2. The topological polar surface area (TPSA) is 66.8 Å². The lowest BCUT2D eigenvalue weighted by atomic mass is 9.31. The molecule has 11 unspecified atom stereocenters. The van der Waals surface area contributed by atoms with Crippen molar-refractivity contribution in [3.8, 4) is 0 Å². The van der Waals surface area contributed by atoms with E-state index in [9.17, 15) is 15.0 Å². The number of carbonyl (C=O) groups is 1. The molecule has 5 rings (SSSR count). The quantitative estimate of drug-likeness (QED) is 0.409. The van der Waals surface area contributed by atoms with E-state index in [1.54, 1.807) is 0 Å². The van der Waals surface area contributed by atoms with E-state index >= 15 is 0 Å². The highest BCUT2D eigenvalue weighted by Crippen LogP contribution is 2.77. The summed E-state index contributed by atoms with van der Waals surface area (Å²) in [6.07, 6.45) is 9.51. The van der Waals surface area contributed by atoms with Crippen LogP contribution in [0.3, 0.4) is 0 Å². The minimum absolute atomic E-state index is 0.0343. The maximum absolute atomic E-state index is 12.2. The number of carbonyl (C=O) groups excluding carboxylic acids is 1. The van der Waals surface area contributed by atoms with Gasteiger partial charge in [-0.2, -0.15) is 0 Å². The predicted molar refractivity (Wildman–Crippen MR) is 143 cm³/mol. The largest absolute Gasteiger partial charge is 0.462 e. The van der Waals surface area contributed by atoms with Gasteiger partial charge in [0.05, 0.1) is 11.7 Å². The molecule has 0 aliphatic heterocycles. The van der Waals surface area contributed by atoms with Gasteiger partial charge in [-0.25, -0.2) is 0 Å². The third-order valence-corrected chi connectivity index (χ3v) is 14.0. The summed E-state index contributed by atoms with van der Waals surface area (Å²) in [5.74, 6) is 1.76. The van der Waals surface area contributed by atoms with Crippen molar-refractivity contribution in [3.05, 3.63) is 0 Å². The predicted octanol–water partition coefficient (Wildman–Crippen LogP) is 6.76. The molecule has 5 aliphatic rings. The molecule has 5 fully saturated rings. The van der Waals surface area contributed by atoms with E-state index in [4.69, 9.17) is 4.74 Å². The fourth-order valence-electron chi connectivity index (χ4n) is 12.2. The zero-order valence-corrected chi connectivity index (χ0v) is 24.6. The van der Waals surface area contributed by atoms with Crippen molar-refractivity contribution in [3.63, 3.8) is 0 Å². The van der Waals surface area contributed by atoms with Crippen molar-refractivity contribution in [2.24, 2.45) is 56.7 Å². The number of aliphatic hydroxyl groups is 2. The molecule has 0 aromatic carbocycles. The van der Waals surface area contributed by atoms with Gasteiger partial charge in [0.1, 0.15) is 6.10 Å². The van der Waals surface area contributed by atoms with Crippen LogP contribution in [0.5, 0.6) is 0 Å². The van der Waals surface area contributed by atoms with Gasteiger partial charge in [0, 0.05) is 12.3 Å². The van der Waals surface area contributed by atoms with Crippen LogP contribution in [0.25, 0.3) is 0 Å². The summed E-state index contributed by atoms with van der Waals surface area (Å²) in [7, 11) is 0. The van der Waals surface area contributed by atoms with E-state index in [1.807, 2.05) is 13.8 Å². The van der Waals surface area contributed by atoms with E-state index in [-0.39, 0.29) is 51.2 Å². The van der Waals surface area contributed by atoms with Gasteiger partial charge in [-0.15, -0.1) is 0 Å². The number of hydrogen-bond donors (Lipinski definition) is 2. The molecule has 5 saturated carbocycles. The van der Waals surface area contributed by atoms with Crippen molar-refractivity contribution < 1.29 is 19.7 Å². The van der Waals surface area contributed by atoms with Crippen LogP contribution in [0.4, 0.5) is 0 Å². The fraction of sp³-hybridized carbons (Fsp3) is 0.969. The normalized spacial score (nSPS) is 54.0. The number of ether oxygens (including phenoxy) is 1. The van der Waals surface area contributed by atoms with Crippen molar-refractivity contribution >= 4 is 5.97 Å². The first-order chi connectivity index (χ1) is 16.4. The highest BCUT2D eigenvalue weighted by atomic mass is 16.5. The lowest BCUT2D eigenvalue weighted by Crippen LogP contribution is -2.70. The molecular formula is C32H54O4. The Kier molecular flexibility index (Phi) is 5.97. The second-order valence-electron chi connectivity index (χ2n) is 16.3. The lowest BCUT2D eigenvalue weighted by Gasteiger charge is -2.73. The molecule has 0 radical (unpaired) electrons. The first kappa shape index (κ1) is 27.0. The lowest BCUT2D eigenvalue weighted by molar-refractivity contribution is -0.280. The molecule has 4 nitrogen and oxygen atoms in total. The van der Waals surface area contributed by atoms with E-state index in [1.165, 1.54) is 26.2 Å². The summed E-state index contributed by atoms with van der Waals surface area (Å²) in [4.78, 5) is 11.9. The third-order valence-electron chi connectivity index (χ3n) is 14.0. The molecule has 11 atom stereocenters. The fourth-order valence-corrected chi connectivity index (χ4v) is 12.2. The molecule has 0 heterocycles. The Morgan fingerprint density at radius 3 is 2.17 bits per heavy atom. The number of aliphatic hydroxyl groups excluding tert-OH is 1. The first-order valence-electron chi connectivity index (χ1n) is 15.0. The van der Waals surface area contributed by atoms with Crippen LogP contribution in [-0.4, -0.2) is 34.0 Å². The minimum Gasteiger partial charge on any atom is -0.462 e. The van der Waals surface area contributed by atoms with Gasteiger partial charge in [-0.1, -0.05) is 41.5 Å². The standard InChI is InChI=1S/C32H54O4/c1-19(33)36-24-12-14-30(7)23(27(24,2)3)11-15-32(9)26(30)22(34)18-21-25-20(28(4,5)35)10-13-29(25,6)16-17-31(21,32)8/h20-26,34-35H,10-18H2,1-9H3. The summed E-state index contributed by atoms with van der Waals surface area (Å²) < 4.78 is 5.87. The van der Waals surface area contributed by atoms with Crippen LogP contribution >= 0.6 is 0 Å². The minimum atomic E-state index is -0.674. The molecule has 0 saturated heterocycles. The number of fused-ring (bicyclic) bond motifs is 7. The summed E-state index contributed by atoms with van der Waals surface area (Å²) in [5.41, 5.74) is -0.222. The summed E-state index contributed by atoms with van der Waals surface area (Å²) in [5, 5.41) is 23.4. The molecule has 0 bridgehead atoms. The van der Waals surface area contributed by atoms with Gasteiger partial charge in [-0.3, -0.25) is 4.79 Å². The summed E-state index contributed by atoms with van der Waals surface area (Å²) in [6.45, 7) is 20.3. The maximum Gasteiger partial charge on any atom is 0.302 e. The smallest absolute Gasteiger partial charge is 0.302 e. The van der Waals surface area contributed by atoms with E-state index in [0.29, 0.717) is 23.7 Å². The van der Waals surface area contributed by atoms with Crippen molar-refractivity contribution in [1.29, 1.82) is 0 Å². The Balaban J connectivity index is 1.54. The average Bonchev–Trinajstić information content (AvgIpc) is 3.09. The van der Waals surface area contributed by atoms with Crippen LogP contribution < -0.4 is 0 Å². The van der Waals surface area contributed by atoms with Crippen LogP contribution in [0.1, 0.15) is 120 Å². The highest BCUT2D eigenvalue weighted by Gasteiger charge is 2.72. The zero-order valence-electron chi connectivity index (χ0n) is 24.6. The molecule has 36 heavy (non-hydrogen) atoms. The molecule has 0 spiro atoms. The Labute approximate surface area is 220 Å². The Morgan fingerprint density at radius 2 is 1.56 bits per heavy atom. The highest BCUT2D eigenvalue weighted by molar-refractivity contribution is 5.66. The average molecular weight is 503 g/mol. The van der Waals surface area contributed by atoms with Crippen molar-refractivity contribution in [2.45, 2.75) is 138 Å². The third kappa shape index (κ3) is 3.41. The van der Waals surface area contributed by atoms with Gasteiger partial charge in [0.2, 0.25) is 0 Å². The van der Waals surface area contributed by atoms with Gasteiger partial charge >= 0.3 is 5.97 Å². The Hall–Kier alpha value is -0.610. The van der Waals surface area contributed by atoms with Gasteiger partial charge in [0.25, 0.3) is 0 Å². The van der Waals surface area contributed by atoms with E-state index in [2.05, 4.69) is 41.5 Å². The number of hydrogen-bond acceptors (Lipinski definition) is 4. The zero-order chi connectivity index (χ0) is 26.7. The van der Waals surface area contributed by atoms with Crippen LogP contribution in [0.2, 0.25) is 0 Å². The summed E-state index contributed by atoms with van der Waals surface area (Å²) >= 11 is 0. The molecule has 4 heteroatoms. The molecule has 0 amide bonds.